The molecule has 0 aliphatic heterocycles. The molecule has 0 atom stereocenters. The van der Waals surface area contributed by atoms with Crippen molar-refractivity contribution in [3.05, 3.63) is 29.3 Å². The summed E-state index contributed by atoms with van der Waals surface area (Å²) >= 11 is 0. The zero-order valence-electron chi connectivity index (χ0n) is 10.5. The van der Waals surface area contributed by atoms with Crippen molar-refractivity contribution < 1.29 is 42.6 Å². The second-order valence-corrected chi connectivity index (χ2v) is 5.52. The van der Waals surface area contributed by atoms with Gasteiger partial charge < -0.3 is 20.4 Å². The molecule has 0 aromatic heterocycles. The second-order valence-electron chi connectivity index (χ2n) is 3.90. The van der Waals surface area contributed by atoms with Gasteiger partial charge in [-0.25, -0.2) is 9.59 Å². The molecule has 4 N–H and O–H groups in total. The third-order valence-corrected chi connectivity index (χ3v) is 3.59. The average molecular weight is 344 g/mol. The van der Waals surface area contributed by atoms with Crippen molar-refractivity contribution in [2.45, 2.75) is 17.6 Å². The van der Waals surface area contributed by atoms with Crippen LogP contribution in [0.25, 0.3) is 0 Å². The van der Waals surface area contributed by atoms with E-state index in [1.54, 1.807) is 0 Å². The first-order valence-corrected chi connectivity index (χ1v) is 6.91. The Bertz CT molecular complexity index is 621. The molecule has 1 aromatic rings. The number of hydrogen-bond donors (Lipinski definition) is 4. The van der Waals surface area contributed by atoms with Gasteiger partial charge in [-0.3, -0.25) is 4.18 Å². The van der Waals surface area contributed by atoms with Gasteiger partial charge in [0.15, 0.2) is 6.29 Å². The summed E-state index contributed by atoms with van der Waals surface area (Å²) in [5.41, 5.74) is -1.06. The number of carboxylic acid groups (broad SMARTS) is 2. The first-order chi connectivity index (χ1) is 9.63. The minimum absolute atomic E-state index is 0. The Balaban J connectivity index is 0.00000441. The summed E-state index contributed by atoms with van der Waals surface area (Å²) in [7, 11) is -4.42. The number of aliphatic hydroxyl groups excluding tert-OH is 1. The fourth-order valence-corrected chi connectivity index (χ4v) is 2.32. The van der Waals surface area contributed by atoms with Gasteiger partial charge in [-0.1, -0.05) is 0 Å². The van der Waals surface area contributed by atoms with Crippen LogP contribution in [0.4, 0.5) is 0 Å². The average Bonchev–Trinajstić information content (AvgIpc) is 2.37. The Kier molecular flexibility index (Phi) is 8.18. The van der Waals surface area contributed by atoms with Crippen molar-refractivity contribution in [3.8, 4) is 0 Å². The van der Waals surface area contributed by atoms with Crippen molar-refractivity contribution in [1.29, 1.82) is 0 Å². The molecule has 118 valence electrons. The van der Waals surface area contributed by atoms with Gasteiger partial charge in [-0.15, -0.1) is 0 Å². The van der Waals surface area contributed by atoms with Crippen LogP contribution in [0, 0.1) is 0 Å². The number of aromatic carboxylic acids is 2. The molecule has 0 radical (unpaired) electrons. The van der Waals surface area contributed by atoms with Crippen molar-refractivity contribution in [2.75, 3.05) is 6.61 Å². The maximum absolute atomic E-state index is 11.8. The molecular weight excluding hydrogens is 331 g/mol. The number of carbonyl (C=O) groups is 2. The third kappa shape index (κ3) is 6.01. The van der Waals surface area contributed by atoms with E-state index in [1.165, 1.54) is 0 Å². The van der Waals surface area contributed by atoms with E-state index in [2.05, 4.69) is 4.18 Å². The van der Waals surface area contributed by atoms with Crippen LogP contribution in [-0.4, -0.2) is 83.2 Å². The Morgan fingerprint density at radius 2 is 1.50 bits per heavy atom. The Morgan fingerprint density at radius 3 is 1.86 bits per heavy atom. The first kappa shape index (κ1) is 21.0. The predicted molar refractivity (Wildman–Crippen MR) is 73.5 cm³/mol. The van der Waals surface area contributed by atoms with Crippen molar-refractivity contribution in [2.24, 2.45) is 0 Å². The topological polar surface area (TPSA) is 158 Å². The van der Waals surface area contributed by atoms with Crippen LogP contribution in [0.15, 0.2) is 23.1 Å². The number of hydrogen-bond acceptors (Lipinski definition) is 7. The molecule has 0 aliphatic carbocycles. The Hall–Kier alpha value is -1.01. The van der Waals surface area contributed by atoms with Crippen LogP contribution in [0.2, 0.25) is 0 Å². The van der Waals surface area contributed by atoms with Gasteiger partial charge in [0.2, 0.25) is 0 Å². The van der Waals surface area contributed by atoms with Gasteiger partial charge in [-0.05, 0) is 18.2 Å². The van der Waals surface area contributed by atoms with Crippen LogP contribution in [0.1, 0.15) is 27.1 Å². The number of rotatable bonds is 7. The maximum atomic E-state index is 11.8. The summed E-state index contributed by atoms with van der Waals surface area (Å²) in [6, 6.07) is 2.31. The van der Waals surface area contributed by atoms with Gasteiger partial charge in [0.05, 0.1) is 22.6 Å². The van der Waals surface area contributed by atoms with Gasteiger partial charge >= 0.3 is 41.5 Å². The summed E-state index contributed by atoms with van der Waals surface area (Å²) in [5, 5.41) is 34.8. The molecule has 0 saturated heterocycles. The second kappa shape index (κ2) is 8.58. The SMILES string of the molecule is O=C(O)c1cc(C(=O)O)cc(S(=O)(=O)OCCC(O)O)c1.[NaH]. The molecule has 1 aromatic carbocycles. The molecular formula is C11H13NaO9S. The van der Waals surface area contributed by atoms with Crippen molar-refractivity contribution in [1.82, 2.24) is 0 Å². The zero-order chi connectivity index (χ0) is 16.2. The van der Waals surface area contributed by atoms with E-state index >= 15 is 0 Å². The summed E-state index contributed by atoms with van der Waals surface area (Å²) in [6.45, 7) is -0.556. The van der Waals surface area contributed by atoms with Crippen LogP contribution in [0.5, 0.6) is 0 Å². The summed E-state index contributed by atoms with van der Waals surface area (Å²) < 4.78 is 28.0. The van der Waals surface area contributed by atoms with Gasteiger partial charge in [0, 0.05) is 6.42 Å². The molecule has 0 spiro atoms. The van der Waals surface area contributed by atoms with Gasteiger partial charge in [0.1, 0.15) is 0 Å². The van der Waals surface area contributed by atoms with E-state index < -0.39 is 51.0 Å². The van der Waals surface area contributed by atoms with E-state index in [1.807, 2.05) is 0 Å². The van der Waals surface area contributed by atoms with Crippen molar-refractivity contribution in [3.63, 3.8) is 0 Å². The Labute approximate surface area is 147 Å². The van der Waals surface area contributed by atoms with E-state index in [0.717, 1.165) is 18.2 Å². The van der Waals surface area contributed by atoms with E-state index in [9.17, 15) is 18.0 Å². The molecule has 1 rings (SSSR count). The molecule has 0 amide bonds. The van der Waals surface area contributed by atoms with Gasteiger partial charge in [0.25, 0.3) is 10.1 Å². The molecule has 0 heterocycles. The van der Waals surface area contributed by atoms with Gasteiger partial charge in [-0.2, -0.15) is 8.42 Å². The number of aliphatic hydroxyl groups is 2. The van der Waals surface area contributed by atoms with Crippen LogP contribution < -0.4 is 0 Å². The van der Waals surface area contributed by atoms with E-state index in [-0.39, 0.29) is 36.0 Å². The normalized spacial score (nSPS) is 11.0. The predicted octanol–water partition coefficient (Wildman–Crippen LogP) is -1.16. The molecule has 0 bridgehead atoms. The standard InChI is InChI=1S/C11H12O9S.Na.H/c12-9(13)1-2-20-21(18,19)8-4-6(10(14)15)3-7(5-8)11(16)17;;/h3-5,9,12-13H,1-2H2,(H,14,15)(H,16,17);;. The fourth-order valence-electron chi connectivity index (χ4n) is 1.32. The molecule has 11 heteroatoms. The summed E-state index contributed by atoms with van der Waals surface area (Å²) in [5.74, 6) is -3.00. The quantitative estimate of drug-likeness (QED) is 0.272. The van der Waals surface area contributed by atoms with Crippen LogP contribution in [-0.2, 0) is 14.3 Å². The summed E-state index contributed by atoms with van der Waals surface area (Å²) in [4.78, 5) is 21.1. The molecule has 0 saturated carbocycles. The molecule has 9 nitrogen and oxygen atoms in total. The monoisotopic (exact) mass is 344 g/mol. The van der Waals surface area contributed by atoms with E-state index in [0.29, 0.717) is 0 Å². The fraction of sp³-hybridized carbons (Fsp3) is 0.273. The van der Waals surface area contributed by atoms with Crippen molar-refractivity contribution >= 4 is 51.6 Å². The minimum atomic E-state index is -4.42. The number of carboxylic acids is 2. The van der Waals surface area contributed by atoms with Crippen LogP contribution in [0.3, 0.4) is 0 Å². The Morgan fingerprint density at radius 1 is 1.05 bits per heavy atom. The van der Waals surface area contributed by atoms with E-state index in [4.69, 9.17) is 20.4 Å². The third-order valence-electron chi connectivity index (χ3n) is 2.30. The molecule has 22 heavy (non-hydrogen) atoms. The number of benzene rings is 1. The molecule has 0 unspecified atom stereocenters. The summed E-state index contributed by atoms with van der Waals surface area (Å²) in [6.07, 6.45) is -2.15. The molecule has 0 aliphatic rings. The zero-order valence-corrected chi connectivity index (χ0v) is 11.3. The molecule has 0 fully saturated rings. The first-order valence-electron chi connectivity index (χ1n) is 5.50. The van der Waals surface area contributed by atoms with Crippen LogP contribution >= 0.6 is 0 Å².